The van der Waals surface area contributed by atoms with Crippen molar-refractivity contribution in [3.63, 3.8) is 0 Å². The molecular weight excluding hydrogens is 286 g/mol. The number of nitrogens with one attached hydrogen (secondary N) is 2. The zero-order chi connectivity index (χ0) is 15.1. The fraction of sp³-hybridized carbons (Fsp3) is 0.438. The quantitative estimate of drug-likeness (QED) is 0.730. The van der Waals surface area contributed by atoms with E-state index in [1.165, 1.54) is 0 Å². The monoisotopic (exact) mass is 307 g/mol. The number of aromatic nitrogens is 2. The maximum atomic E-state index is 6.03. The standard InChI is InChI=1S/C16H22ClN3O/c1-3-21-15-11-13(17)6-7-14(15)12(2)18-8-4-5-16-19-9-10-20-16/h6-7,9-12,18H,3-5,8H2,1-2H3,(H,19,20). The topological polar surface area (TPSA) is 49.9 Å². The molecule has 1 atom stereocenters. The summed E-state index contributed by atoms with van der Waals surface area (Å²) in [6, 6.07) is 6.03. The van der Waals surface area contributed by atoms with Crippen LogP contribution in [0.4, 0.5) is 0 Å². The van der Waals surface area contributed by atoms with Crippen molar-refractivity contribution in [2.75, 3.05) is 13.2 Å². The molecular formula is C16H22ClN3O. The molecule has 1 aromatic heterocycles. The number of aryl methyl sites for hydroxylation is 1. The van der Waals surface area contributed by atoms with Crippen LogP contribution in [0, 0.1) is 0 Å². The van der Waals surface area contributed by atoms with Gasteiger partial charge in [0.15, 0.2) is 0 Å². The minimum Gasteiger partial charge on any atom is -0.493 e. The van der Waals surface area contributed by atoms with Gasteiger partial charge < -0.3 is 15.0 Å². The highest BCUT2D eigenvalue weighted by atomic mass is 35.5. The van der Waals surface area contributed by atoms with Crippen molar-refractivity contribution in [2.45, 2.75) is 32.7 Å². The number of hydrogen-bond acceptors (Lipinski definition) is 3. The summed E-state index contributed by atoms with van der Waals surface area (Å²) in [5, 5.41) is 4.22. The molecule has 1 unspecified atom stereocenters. The number of imidazole rings is 1. The van der Waals surface area contributed by atoms with E-state index in [0.717, 1.165) is 36.5 Å². The van der Waals surface area contributed by atoms with Crippen LogP contribution in [0.1, 0.15) is 37.7 Å². The lowest BCUT2D eigenvalue weighted by Gasteiger charge is -2.18. The van der Waals surface area contributed by atoms with Crippen molar-refractivity contribution in [2.24, 2.45) is 0 Å². The Balaban J connectivity index is 1.86. The maximum absolute atomic E-state index is 6.03. The van der Waals surface area contributed by atoms with Gasteiger partial charge in [-0.25, -0.2) is 4.98 Å². The molecule has 0 saturated heterocycles. The van der Waals surface area contributed by atoms with Crippen LogP contribution in [0.15, 0.2) is 30.6 Å². The van der Waals surface area contributed by atoms with Gasteiger partial charge in [-0.15, -0.1) is 0 Å². The molecule has 0 amide bonds. The van der Waals surface area contributed by atoms with Crippen molar-refractivity contribution < 1.29 is 4.74 Å². The van der Waals surface area contributed by atoms with Crippen LogP contribution < -0.4 is 10.1 Å². The molecule has 0 aliphatic carbocycles. The van der Waals surface area contributed by atoms with E-state index >= 15 is 0 Å². The number of halogens is 1. The predicted molar refractivity (Wildman–Crippen MR) is 85.9 cm³/mol. The van der Waals surface area contributed by atoms with Crippen LogP contribution in [0.3, 0.4) is 0 Å². The first-order chi connectivity index (χ1) is 10.2. The lowest BCUT2D eigenvalue weighted by Crippen LogP contribution is -2.21. The zero-order valence-electron chi connectivity index (χ0n) is 12.5. The maximum Gasteiger partial charge on any atom is 0.125 e. The van der Waals surface area contributed by atoms with Gasteiger partial charge in [0.1, 0.15) is 11.6 Å². The van der Waals surface area contributed by atoms with E-state index in [4.69, 9.17) is 16.3 Å². The molecule has 0 aliphatic heterocycles. The van der Waals surface area contributed by atoms with Crippen LogP contribution in [0.2, 0.25) is 5.02 Å². The smallest absolute Gasteiger partial charge is 0.125 e. The van der Waals surface area contributed by atoms with E-state index in [9.17, 15) is 0 Å². The van der Waals surface area contributed by atoms with Crippen LogP contribution in [0.5, 0.6) is 5.75 Å². The fourth-order valence-electron chi connectivity index (χ4n) is 2.27. The highest BCUT2D eigenvalue weighted by Crippen LogP contribution is 2.28. The molecule has 0 radical (unpaired) electrons. The summed E-state index contributed by atoms with van der Waals surface area (Å²) in [6.45, 7) is 5.68. The van der Waals surface area contributed by atoms with E-state index in [2.05, 4.69) is 22.2 Å². The summed E-state index contributed by atoms with van der Waals surface area (Å²) in [4.78, 5) is 7.34. The van der Waals surface area contributed by atoms with Crippen molar-refractivity contribution in [1.29, 1.82) is 0 Å². The van der Waals surface area contributed by atoms with E-state index in [0.29, 0.717) is 11.6 Å². The number of hydrogen-bond donors (Lipinski definition) is 2. The van der Waals surface area contributed by atoms with Gasteiger partial charge in [0, 0.05) is 35.4 Å². The first-order valence-corrected chi connectivity index (χ1v) is 7.72. The highest BCUT2D eigenvalue weighted by Gasteiger charge is 2.11. The van der Waals surface area contributed by atoms with E-state index in [-0.39, 0.29) is 6.04 Å². The molecule has 0 spiro atoms. The van der Waals surface area contributed by atoms with E-state index in [1.54, 1.807) is 6.20 Å². The molecule has 5 heteroatoms. The Kier molecular flexibility index (Phi) is 6.08. The molecule has 2 aromatic rings. The zero-order valence-corrected chi connectivity index (χ0v) is 13.3. The van der Waals surface area contributed by atoms with Gasteiger partial charge >= 0.3 is 0 Å². The number of aromatic amines is 1. The van der Waals surface area contributed by atoms with Crippen LogP contribution >= 0.6 is 11.6 Å². The van der Waals surface area contributed by atoms with Gasteiger partial charge in [-0.1, -0.05) is 17.7 Å². The second-order valence-electron chi connectivity index (χ2n) is 4.93. The predicted octanol–water partition coefficient (Wildman–Crippen LogP) is 3.75. The summed E-state index contributed by atoms with van der Waals surface area (Å²) in [5.74, 6) is 1.89. The van der Waals surface area contributed by atoms with Gasteiger partial charge in [-0.3, -0.25) is 0 Å². The Morgan fingerprint density at radius 1 is 1.43 bits per heavy atom. The molecule has 1 aromatic carbocycles. The molecule has 0 saturated carbocycles. The largest absolute Gasteiger partial charge is 0.493 e. The van der Waals surface area contributed by atoms with Crippen molar-refractivity contribution >= 4 is 11.6 Å². The highest BCUT2D eigenvalue weighted by molar-refractivity contribution is 6.30. The van der Waals surface area contributed by atoms with Gasteiger partial charge in [0.05, 0.1) is 6.61 Å². The molecule has 21 heavy (non-hydrogen) atoms. The SMILES string of the molecule is CCOc1cc(Cl)ccc1C(C)NCCCc1ncc[nH]1. The minimum atomic E-state index is 0.223. The Morgan fingerprint density at radius 3 is 3.00 bits per heavy atom. The molecule has 1 heterocycles. The number of benzene rings is 1. The molecule has 0 fully saturated rings. The van der Waals surface area contributed by atoms with Crippen molar-refractivity contribution in [3.05, 3.63) is 47.0 Å². The Morgan fingerprint density at radius 2 is 2.29 bits per heavy atom. The average Bonchev–Trinajstić information content (AvgIpc) is 2.97. The summed E-state index contributed by atoms with van der Waals surface area (Å²) >= 11 is 6.03. The first kappa shape index (κ1) is 15.9. The summed E-state index contributed by atoms with van der Waals surface area (Å²) in [6.07, 6.45) is 5.63. The minimum absolute atomic E-state index is 0.223. The summed E-state index contributed by atoms with van der Waals surface area (Å²) in [5.41, 5.74) is 1.14. The lowest BCUT2D eigenvalue weighted by molar-refractivity contribution is 0.332. The number of H-pyrrole nitrogens is 1. The summed E-state index contributed by atoms with van der Waals surface area (Å²) < 4.78 is 5.66. The molecule has 2 N–H and O–H groups in total. The fourth-order valence-corrected chi connectivity index (χ4v) is 2.43. The first-order valence-electron chi connectivity index (χ1n) is 7.34. The van der Waals surface area contributed by atoms with Crippen LogP contribution in [-0.2, 0) is 6.42 Å². The van der Waals surface area contributed by atoms with E-state index in [1.807, 2.05) is 31.3 Å². The lowest BCUT2D eigenvalue weighted by atomic mass is 10.1. The molecule has 4 nitrogen and oxygen atoms in total. The van der Waals surface area contributed by atoms with Gasteiger partial charge in [-0.05, 0) is 38.9 Å². The summed E-state index contributed by atoms with van der Waals surface area (Å²) in [7, 11) is 0. The van der Waals surface area contributed by atoms with Crippen LogP contribution in [-0.4, -0.2) is 23.1 Å². The van der Waals surface area contributed by atoms with Crippen LogP contribution in [0.25, 0.3) is 0 Å². The Bertz CT molecular complexity index is 542. The molecule has 2 rings (SSSR count). The van der Waals surface area contributed by atoms with Crippen molar-refractivity contribution in [3.8, 4) is 5.75 Å². The Labute approximate surface area is 130 Å². The normalized spacial score (nSPS) is 12.3. The third-order valence-corrected chi connectivity index (χ3v) is 3.57. The molecule has 0 aliphatic rings. The average molecular weight is 308 g/mol. The Hall–Kier alpha value is -1.52. The number of ether oxygens (including phenoxy) is 1. The third kappa shape index (κ3) is 4.76. The second kappa shape index (κ2) is 8.05. The molecule has 0 bridgehead atoms. The number of rotatable bonds is 8. The van der Waals surface area contributed by atoms with Gasteiger partial charge in [-0.2, -0.15) is 0 Å². The van der Waals surface area contributed by atoms with Gasteiger partial charge in [0.25, 0.3) is 0 Å². The third-order valence-electron chi connectivity index (χ3n) is 3.34. The second-order valence-corrected chi connectivity index (χ2v) is 5.37. The van der Waals surface area contributed by atoms with Gasteiger partial charge in [0.2, 0.25) is 0 Å². The van der Waals surface area contributed by atoms with Crippen molar-refractivity contribution in [1.82, 2.24) is 15.3 Å². The number of nitrogens with zero attached hydrogens (tertiary/aromatic N) is 1. The molecule has 114 valence electrons. The van der Waals surface area contributed by atoms with E-state index < -0.39 is 0 Å².